The molecule has 2 N–H and O–H groups in total. The molecule has 0 amide bonds. The van der Waals surface area contributed by atoms with Crippen LogP contribution in [0.25, 0.3) is 0 Å². The lowest BCUT2D eigenvalue weighted by Gasteiger charge is -2.15. The molecule has 0 bridgehead atoms. The zero-order chi connectivity index (χ0) is 21.8. The van der Waals surface area contributed by atoms with Crippen molar-refractivity contribution in [3.63, 3.8) is 0 Å². The van der Waals surface area contributed by atoms with Crippen LogP contribution >= 0.6 is 24.0 Å². The van der Waals surface area contributed by atoms with Gasteiger partial charge in [0.1, 0.15) is 9.84 Å². The average molecular weight is 570 g/mol. The van der Waals surface area contributed by atoms with Crippen molar-refractivity contribution in [1.82, 2.24) is 5.32 Å². The predicted molar refractivity (Wildman–Crippen MR) is 136 cm³/mol. The van der Waals surface area contributed by atoms with Crippen molar-refractivity contribution in [1.29, 1.82) is 0 Å². The minimum Gasteiger partial charge on any atom is -0.490 e. The summed E-state index contributed by atoms with van der Waals surface area (Å²) in [5.41, 5.74) is 0.824. The fourth-order valence-electron chi connectivity index (χ4n) is 2.74. The number of fused-ring (bicyclic) bond motifs is 1. The number of ether oxygens (including phenoxy) is 3. The number of benzene rings is 1. The second-order valence-electron chi connectivity index (χ2n) is 7.80. The van der Waals surface area contributed by atoms with E-state index in [4.69, 9.17) is 14.2 Å². The monoisotopic (exact) mass is 569 g/mol. The Kier molecular flexibility index (Phi) is 13.2. The summed E-state index contributed by atoms with van der Waals surface area (Å²) in [7, 11) is -2.99. The molecular formula is C21H36IN3O5S. The maximum absolute atomic E-state index is 11.3. The standard InChI is InChI=1S/C21H35N3O5S.HI/c1-17(2)16-27-11-4-9-22-21(23-10-5-14-30(3,25)26)24-18-7-8-19-20(15-18)29-13-6-12-28-19;/h7-8,15,17H,4-6,9-14,16H2,1-3H3,(H2,22,23,24);1H. The number of hydrogen-bond acceptors (Lipinski definition) is 6. The summed E-state index contributed by atoms with van der Waals surface area (Å²) in [5, 5.41) is 6.55. The number of nitrogens with one attached hydrogen (secondary N) is 2. The normalized spacial score (nSPS) is 14.0. The number of anilines is 1. The van der Waals surface area contributed by atoms with E-state index in [1.54, 1.807) is 0 Å². The van der Waals surface area contributed by atoms with Crippen LogP contribution in [-0.2, 0) is 14.6 Å². The maximum atomic E-state index is 11.3. The molecule has 8 nitrogen and oxygen atoms in total. The van der Waals surface area contributed by atoms with E-state index in [1.807, 2.05) is 18.2 Å². The van der Waals surface area contributed by atoms with Gasteiger partial charge >= 0.3 is 0 Å². The first-order valence-electron chi connectivity index (χ1n) is 10.5. The molecule has 0 saturated heterocycles. The van der Waals surface area contributed by atoms with E-state index in [0.29, 0.717) is 57.0 Å². The van der Waals surface area contributed by atoms with Gasteiger partial charge < -0.3 is 24.8 Å². The number of aliphatic imine (C=N–C) groups is 1. The van der Waals surface area contributed by atoms with E-state index in [1.165, 1.54) is 6.26 Å². The molecule has 1 heterocycles. The van der Waals surface area contributed by atoms with Gasteiger partial charge in [0.25, 0.3) is 0 Å². The molecule has 0 saturated carbocycles. The Morgan fingerprint density at radius 1 is 1.19 bits per heavy atom. The molecular weight excluding hydrogens is 533 g/mol. The zero-order valence-corrected chi connectivity index (χ0v) is 21.8. The molecule has 10 heteroatoms. The lowest BCUT2D eigenvalue weighted by Crippen LogP contribution is -2.32. The van der Waals surface area contributed by atoms with Crippen molar-refractivity contribution >= 4 is 45.5 Å². The first kappa shape index (κ1) is 27.8. The van der Waals surface area contributed by atoms with Crippen molar-refractivity contribution in [2.45, 2.75) is 33.1 Å². The van der Waals surface area contributed by atoms with E-state index in [9.17, 15) is 8.42 Å². The van der Waals surface area contributed by atoms with Crippen LogP contribution in [0.3, 0.4) is 0 Å². The Bertz CT molecular complexity index is 787. The van der Waals surface area contributed by atoms with Gasteiger partial charge in [0, 0.05) is 50.7 Å². The van der Waals surface area contributed by atoms with Gasteiger partial charge in [0.05, 0.1) is 19.0 Å². The highest BCUT2D eigenvalue weighted by Gasteiger charge is 2.11. The predicted octanol–water partition coefficient (Wildman–Crippen LogP) is 3.32. The summed E-state index contributed by atoms with van der Waals surface area (Å²) in [4.78, 5) is 4.52. The largest absolute Gasteiger partial charge is 0.490 e. The molecule has 0 aromatic heterocycles. The smallest absolute Gasteiger partial charge is 0.195 e. The highest BCUT2D eigenvalue weighted by atomic mass is 127. The lowest BCUT2D eigenvalue weighted by molar-refractivity contribution is 0.108. The summed E-state index contributed by atoms with van der Waals surface area (Å²) in [6.45, 7) is 8.05. The van der Waals surface area contributed by atoms with Crippen LogP contribution in [0.1, 0.15) is 33.1 Å². The Morgan fingerprint density at radius 2 is 1.94 bits per heavy atom. The maximum Gasteiger partial charge on any atom is 0.195 e. The van der Waals surface area contributed by atoms with Crippen LogP contribution in [0, 0.1) is 5.92 Å². The minimum atomic E-state index is -2.99. The van der Waals surface area contributed by atoms with Crippen molar-refractivity contribution in [3.8, 4) is 11.5 Å². The van der Waals surface area contributed by atoms with Crippen molar-refractivity contribution in [3.05, 3.63) is 18.2 Å². The topological polar surface area (TPSA) is 98.2 Å². The summed E-state index contributed by atoms with van der Waals surface area (Å²) in [6, 6.07) is 5.68. The molecule has 31 heavy (non-hydrogen) atoms. The van der Waals surface area contributed by atoms with E-state index >= 15 is 0 Å². The van der Waals surface area contributed by atoms with Crippen molar-refractivity contribution in [2.24, 2.45) is 10.9 Å². The number of guanidine groups is 1. The highest BCUT2D eigenvalue weighted by molar-refractivity contribution is 14.0. The zero-order valence-electron chi connectivity index (χ0n) is 18.7. The van der Waals surface area contributed by atoms with Crippen molar-refractivity contribution < 1.29 is 22.6 Å². The van der Waals surface area contributed by atoms with Gasteiger partial charge in [-0.05, 0) is 30.9 Å². The number of hydrogen-bond donors (Lipinski definition) is 2. The molecule has 0 atom stereocenters. The third-order valence-corrected chi connectivity index (χ3v) is 5.19. The lowest BCUT2D eigenvalue weighted by atomic mass is 10.2. The van der Waals surface area contributed by atoms with Gasteiger partial charge in [-0.25, -0.2) is 8.42 Å². The quantitative estimate of drug-likeness (QED) is 0.183. The SMILES string of the molecule is CC(C)COCCCNC(=NCCCS(C)(=O)=O)Nc1ccc2c(c1)OCCCO2.I. The molecule has 0 aliphatic carbocycles. The Hall–Kier alpha value is -1.27. The van der Waals surface area contributed by atoms with Gasteiger partial charge in [-0.3, -0.25) is 4.99 Å². The van der Waals surface area contributed by atoms with Gasteiger partial charge in [-0.15, -0.1) is 24.0 Å². The molecule has 178 valence electrons. The van der Waals surface area contributed by atoms with E-state index < -0.39 is 9.84 Å². The molecule has 0 unspecified atom stereocenters. The Morgan fingerprint density at radius 3 is 2.65 bits per heavy atom. The fourth-order valence-corrected chi connectivity index (χ4v) is 3.39. The Balaban J connectivity index is 0.00000480. The van der Waals surface area contributed by atoms with Gasteiger partial charge in [0.15, 0.2) is 17.5 Å². The second kappa shape index (κ2) is 14.7. The molecule has 1 aliphatic rings. The summed E-state index contributed by atoms with van der Waals surface area (Å²) in [6.07, 6.45) is 3.41. The molecule has 0 radical (unpaired) electrons. The Labute approximate surface area is 203 Å². The summed E-state index contributed by atoms with van der Waals surface area (Å²) < 4.78 is 39.7. The first-order chi connectivity index (χ1) is 14.3. The molecule has 2 rings (SSSR count). The number of nitrogens with zero attached hydrogens (tertiary/aromatic N) is 1. The summed E-state index contributed by atoms with van der Waals surface area (Å²) in [5.74, 6) is 2.68. The minimum absolute atomic E-state index is 0. The number of halogens is 1. The molecule has 1 aromatic carbocycles. The average Bonchev–Trinajstić information content (AvgIpc) is 2.91. The van der Waals surface area contributed by atoms with E-state index in [-0.39, 0.29) is 29.7 Å². The van der Waals surface area contributed by atoms with E-state index in [2.05, 4.69) is 29.5 Å². The van der Waals surface area contributed by atoms with Crippen LogP contribution in [0.2, 0.25) is 0 Å². The fraction of sp³-hybridized carbons (Fsp3) is 0.667. The third kappa shape index (κ3) is 12.4. The molecule has 1 aromatic rings. The van der Waals surface area contributed by atoms with Crippen LogP contribution in [0.15, 0.2) is 23.2 Å². The van der Waals surface area contributed by atoms with Gasteiger partial charge in [-0.2, -0.15) is 0 Å². The summed E-state index contributed by atoms with van der Waals surface area (Å²) >= 11 is 0. The van der Waals surface area contributed by atoms with Crippen molar-refractivity contribution in [2.75, 3.05) is 56.8 Å². The van der Waals surface area contributed by atoms with Crippen LogP contribution in [0.5, 0.6) is 11.5 Å². The van der Waals surface area contributed by atoms with Crippen LogP contribution in [-0.4, -0.2) is 65.9 Å². The van der Waals surface area contributed by atoms with Crippen LogP contribution in [0.4, 0.5) is 5.69 Å². The second-order valence-corrected chi connectivity index (χ2v) is 10.1. The van der Waals surface area contributed by atoms with Gasteiger partial charge in [0.2, 0.25) is 0 Å². The highest BCUT2D eigenvalue weighted by Crippen LogP contribution is 2.32. The van der Waals surface area contributed by atoms with E-state index in [0.717, 1.165) is 30.9 Å². The number of rotatable bonds is 11. The van der Waals surface area contributed by atoms with Gasteiger partial charge in [-0.1, -0.05) is 13.8 Å². The molecule has 0 spiro atoms. The molecule has 0 fully saturated rings. The third-order valence-electron chi connectivity index (χ3n) is 4.16. The number of sulfone groups is 1. The van der Waals surface area contributed by atoms with Crippen LogP contribution < -0.4 is 20.1 Å². The first-order valence-corrected chi connectivity index (χ1v) is 12.6. The molecule has 1 aliphatic heterocycles.